The van der Waals surface area contributed by atoms with Crippen molar-refractivity contribution in [3.63, 3.8) is 0 Å². The summed E-state index contributed by atoms with van der Waals surface area (Å²) in [6.45, 7) is 0.207. The molecule has 0 heterocycles. The van der Waals surface area contributed by atoms with Crippen LogP contribution in [0.2, 0.25) is 0 Å². The normalized spacial score (nSPS) is 10.7. The molecule has 30 heavy (non-hydrogen) atoms. The number of benzene rings is 3. The first kappa shape index (κ1) is 20.5. The fourth-order valence-corrected chi connectivity index (χ4v) is 2.65. The van der Waals surface area contributed by atoms with Crippen molar-refractivity contribution in [2.45, 2.75) is 6.61 Å². The fraction of sp³-hybridized carbons (Fsp3) is 0.0909. The Hall–Kier alpha value is -4.20. The molecule has 0 spiro atoms. The number of methoxy groups -OCH3 is 1. The molecule has 3 aromatic rings. The Morgan fingerprint density at radius 3 is 2.40 bits per heavy atom. The summed E-state index contributed by atoms with van der Waals surface area (Å²) in [7, 11) is 1.53. The van der Waals surface area contributed by atoms with E-state index in [1.54, 1.807) is 48.7 Å². The van der Waals surface area contributed by atoms with Crippen LogP contribution < -0.4 is 9.47 Å². The average molecular weight is 406 g/mol. The molecule has 3 aromatic carbocycles. The molecule has 0 saturated heterocycles. The van der Waals surface area contributed by atoms with E-state index >= 15 is 0 Å². The van der Waals surface area contributed by atoms with Gasteiger partial charge in [0, 0.05) is 23.9 Å². The monoisotopic (exact) mass is 406 g/mol. The number of hydrogen-bond donors (Lipinski definition) is 1. The maximum absolute atomic E-state index is 11.0. The summed E-state index contributed by atoms with van der Waals surface area (Å²) in [6.07, 6.45) is 1.59. The Morgan fingerprint density at radius 2 is 1.80 bits per heavy atom. The molecule has 0 fully saturated rings. The number of hydrogen-bond acceptors (Lipinski definition) is 6. The van der Waals surface area contributed by atoms with Crippen molar-refractivity contribution < 1.29 is 24.3 Å². The number of carboxylic acid groups (broad SMARTS) is 1. The van der Waals surface area contributed by atoms with Crippen molar-refractivity contribution in [1.82, 2.24) is 0 Å². The van der Waals surface area contributed by atoms with E-state index in [-0.39, 0.29) is 17.9 Å². The van der Waals surface area contributed by atoms with Crippen molar-refractivity contribution in [2.75, 3.05) is 7.11 Å². The lowest BCUT2D eigenvalue weighted by atomic mass is 10.1. The van der Waals surface area contributed by atoms with Crippen LogP contribution in [0.15, 0.2) is 71.7 Å². The summed E-state index contributed by atoms with van der Waals surface area (Å²) in [5.74, 6) is 0.00900. The van der Waals surface area contributed by atoms with E-state index in [1.165, 1.54) is 31.4 Å². The third kappa shape index (κ3) is 4.99. The Balaban J connectivity index is 1.80. The van der Waals surface area contributed by atoms with Crippen molar-refractivity contribution in [2.24, 2.45) is 4.99 Å². The van der Waals surface area contributed by atoms with Gasteiger partial charge in [0.1, 0.15) is 6.61 Å². The summed E-state index contributed by atoms with van der Waals surface area (Å²) < 4.78 is 11.3. The van der Waals surface area contributed by atoms with Crippen LogP contribution >= 0.6 is 0 Å². The van der Waals surface area contributed by atoms with Crippen LogP contribution in [0.25, 0.3) is 0 Å². The lowest BCUT2D eigenvalue weighted by Crippen LogP contribution is -2.02. The Morgan fingerprint density at radius 1 is 1.10 bits per heavy atom. The van der Waals surface area contributed by atoms with Gasteiger partial charge in [-0.3, -0.25) is 15.1 Å². The molecule has 0 aromatic heterocycles. The van der Waals surface area contributed by atoms with Crippen molar-refractivity contribution >= 4 is 23.6 Å². The number of aromatic carboxylic acids is 1. The molecule has 0 aliphatic carbocycles. The number of rotatable bonds is 8. The minimum absolute atomic E-state index is 0.00623. The molecule has 8 nitrogen and oxygen atoms in total. The minimum Gasteiger partial charge on any atom is -0.493 e. The van der Waals surface area contributed by atoms with E-state index in [4.69, 9.17) is 14.6 Å². The lowest BCUT2D eigenvalue weighted by Gasteiger charge is -2.13. The van der Waals surface area contributed by atoms with Crippen LogP contribution in [0.4, 0.5) is 11.4 Å². The van der Waals surface area contributed by atoms with Gasteiger partial charge in [-0.2, -0.15) is 0 Å². The number of carbonyl (C=O) groups is 1. The zero-order valence-corrected chi connectivity index (χ0v) is 16.0. The van der Waals surface area contributed by atoms with Crippen molar-refractivity contribution in [1.29, 1.82) is 0 Å². The topological polar surface area (TPSA) is 111 Å². The van der Waals surface area contributed by atoms with E-state index in [9.17, 15) is 14.9 Å². The standard InChI is InChI=1S/C22H18N2O6/c1-29-20-4-2-3-17(13-23-18-9-11-19(12-10-18)24(27)28)21(20)30-14-15-5-7-16(8-6-15)22(25)26/h2-13H,14H2,1H3,(H,25,26). The molecular formula is C22H18N2O6. The highest BCUT2D eigenvalue weighted by Crippen LogP contribution is 2.31. The number of nitrogens with zero attached hydrogens (tertiary/aromatic N) is 2. The summed E-state index contributed by atoms with van der Waals surface area (Å²) in [5, 5.41) is 19.7. The molecule has 0 saturated carbocycles. The van der Waals surface area contributed by atoms with Crippen LogP contribution in [0.5, 0.6) is 11.5 Å². The third-order valence-electron chi connectivity index (χ3n) is 4.23. The number of nitro benzene ring substituents is 1. The molecule has 0 aliphatic heterocycles. The number of non-ortho nitro benzene ring substituents is 1. The Bertz CT molecular complexity index is 1080. The van der Waals surface area contributed by atoms with Gasteiger partial charge in [0.15, 0.2) is 11.5 Å². The molecule has 0 atom stereocenters. The molecule has 8 heteroatoms. The summed E-state index contributed by atoms with van der Waals surface area (Å²) >= 11 is 0. The van der Waals surface area contributed by atoms with Crippen molar-refractivity contribution in [3.8, 4) is 11.5 Å². The lowest BCUT2D eigenvalue weighted by molar-refractivity contribution is -0.384. The maximum Gasteiger partial charge on any atom is 0.335 e. The summed E-state index contributed by atoms with van der Waals surface area (Å²) in [5.41, 5.74) is 2.21. The van der Waals surface area contributed by atoms with Gasteiger partial charge in [-0.1, -0.05) is 18.2 Å². The van der Waals surface area contributed by atoms with E-state index in [0.717, 1.165) is 5.56 Å². The third-order valence-corrected chi connectivity index (χ3v) is 4.23. The van der Waals surface area contributed by atoms with Gasteiger partial charge < -0.3 is 14.6 Å². The van der Waals surface area contributed by atoms with Crippen LogP contribution in [0.1, 0.15) is 21.5 Å². The van der Waals surface area contributed by atoms with E-state index in [2.05, 4.69) is 4.99 Å². The molecule has 0 radical (unpaired) electrons. The highest BCUT2D eigenvalue weighted by molar-refractivity contribution is 5.88. The van der Waals surface area contributed by atoms with E-state index in [1.807, 2.05) is 0 Å². The first-order valence-electron chi connectivity index (χ1n) is 8.88. The predicted octanol–water partition coefficient (Wildman–Crippen LogP) is 4.63. The van der Waals surface area contributed by atoms with E-state index in [0.29, 0.717) is 22.7 Å². The average Bonchev–Trinajstić information content (AvgIpc) is 2.76. The first-order valence-corrected chi connectivity index (χ1v) is 8.88. The molecule has 0 amide bonds. The summed E-state index contributed by atoms with van der Waals surface area (Å²) in [6, 6.07) is 17.6. The zero-order chi connectivity index (χ0) is 21.5. The maximum atomic E-state index is 11.0. The smallest absolute Gasteiger partial charge is 0.335 e. The number of aliphatic imine (C=N–C) groups is 1. The second-order valence-corrected chi connectivity index (χ2v) is 6.20. The predicted molar refractivity (Wildman–Crippen MR) is 111 cm³/mol. The zero-order valence-electron chi connectivity index (χ0n) is 16.0. The van der Waals surface area contributed by atoms with E-state index < -0.39 is 10.9 Å². The fourth-order valence-electron chi connectivity index (χ4n) is 2.65. The Labute approximate surface area is 172 Å². The van der Waals surface area contributed by atoms with Gasteiger partial charge in [-0.25, -0.2) is 4.79 Å². The number of ether oxygens (including phenoxy) is 2. The highest BCUT2D eigenvalue weighted by Gasteiger charge is 2.11. The molecule has 0 unspecified atom stereocenters. The largest absolute Gasteiger partial charge is 0.493 e. The van der Waals surface area contributed by atoms with Gasteiger partial charge in [0.25, 0.3) is 5.69 Å². The second kappa shape index (κ2) is 9.33. The van der Waals surface area contributed by atoms with Crippen LogP contribution in [0, 0.1) is 10.1 Å². The molecule has 1 N–H and O–H groups in total. The molecule has 0 aliphatic rings. The van der Waals surface area contributed by atoms with Crippen LogP contribution in [0.3, 0.4) is 0 Å². The molecular weight excluding hydrogens is 388 g/mol. The number of nitro groups is 1. The van der Waals surface area contributed by atoms with Gasteiger partial charge in [0.2, 0.25) is 0 Å². The van der Waals surface area contributed by atoms with Gasteiger partial charge in [0.05, 0.1) is 23.3 Å². The number of carboxylic acids is 1. The van der Waals surface area contributed by atoms with Gasteiger partial charge in [-0.15, -0.1) is 0 Å². The SMILES string of the molecule is COc1cccc(C=Nc2ccc([N+](=O)[O-])cc2)c1OCc1ccc(C(=O)O)cc1. The van der Waals surface area contributed by atoms with Gasteiger partial charge >= 0.3 is 5.97 Å². The van der Waals surface area contributed by atoms with Crippen LogP contribution in [-0.4, -0.2) is 29.3 Å². The summed E-state index contributed by atoms with van der Waals surface area (Å²) in [4.78, 5) is 25.6. The minimum atomic E-state index is -0.989. The second-order valence-electron chi connectivity index (χ2n) is 6.20. The molecule has 0 bridgehead atoms. The first-order chi connectivity index (χ1) is 14.5. The van der Waals surface area contributed by atoms with Crippen LogP contribution in [-0.2, 0) is 6.61 Å². The van der Waals surface area contributed by atoms with Crippen molar-refractivity contribution in [3.05, 3.63) is 93.5 Å². The molecule has 3 rings (SSSR count). The number of para-hydroxylation sites is 1. The quantitative estimate of drug-likeness (QED) is 0.332. The van der Waals surface area contributed by atoms with Gasteiger partial charge in [-0.05, 0) is 42.0 Å². The molecule has 152 valence electrons. The highest BCUT2D eigenvalue weighted by atomic mass is 16.6. The Kier molecular flexibility index (Phi) is 6.39.